The highest BCUT2D eigenvalue weighted by atomic mass is 79.9. The maximum atomic E-state index is 3.90. The summed E-state index contributed by atoms with van der Waals surface area (Å²) in [6, 6.07) is 24.6. The van der Waals surface area contributed by atoms with E-state index in [1.807, 2.05) is 11.3 Å². The fraction of sp³-hybridized carbons (Fsp3) is 0.353. The molecule has 0 N–H and O–H groups in total. The molecule has 0 atom stereocenters. The molecule has 0 fully saturated rings. The van der Waals surface area contributed by atoms with Crippen LogP contribution in [0.4, 0.5) is 0 Å². The molecule has 3 aromatic carbocycles. The van der Waals surface area contributed by atoms with Crippen molar-refractivity contribution in [3.05, 3.63) is 87.4 Å². The third-order valence-electron chi connectivity index (χ3n) is 7.59. The molecule has 2 aromatic heterocycles. The van der Waals surface area contributed by atoms with Crippen LogP contribution < -0.4 is 0 Å². The van der Waals surface area contributed by atoms with Crippen LogP contribution in [0.25, 0.3) is 37.1 Å². The Morgan fingerprint density at radius 1 is 0.684 bits per heavy atom. The lowest BCUT2D eigenvalue weighted by atomic mass is 10.0. The van der Waals surface area contributed by atoms with E-state index >= 15 is 0 Å². The second-order valence-corrected chi connectivity index (χ2v) is 13.1. The molecule has 0 aliphatic carbocycles. The molecule has 0 saturated heterocycles. The first kappa shape index (κ1) is 27.7. The molecule has 0 amide bonds. The van der Waals surface area contributed by atoms with Crippen LogP contribution in [0.2, 0.25) is 0 Å². The normalized spacial score (nSPS) is 11.7. The topological polar surface area (TPSA) is 4.93 Å². The molecule has 0 spiro atoms. The van der Waals surface area contributed by atoms with Gasteiger partial charge in [0.05, 0.1) is 14.6 Å². The van der Waals surface area contributed by atoms with Crippen LogP contribution in [-0.2, 0) is 6.42 Å². The lowest BCUT2D eigenvalue weighted by Gasteiger charge is -2.13. The summed E-state index contributed by atoms with van der Waals surface area (Å²) in [6.45, 7) is 2.29. The van der Waals surface area contributed by atoms with Crippen molar-refractivity contribution in [2.45, 2.75) is 77.6 Å². The molecular formula is C34H37Br2NS. The average Bonchev–Trinajstić information content (AvgIpc) is 3.47. The van der Waals surface area contributed by atoms with Gasteiger partial charge in [-0.15, -0.1) is 11.3 Å². The third kappa shape index (κ3) is 6.29. The SMILES string of the molecule is CCCCCCCCCCCCc1ccc(-n2cc(Br)c(Br)c2-c2cccc3sc4ccccc4c23)cc1. The van der Waals surface area contributed by atoms with Crippen LogP contribution in [0.3, 0.4) is 0 Å². The fourth-order valence-corrected chi connectivity index (χ4v) is 7.55. The Labute approximate surface area is 248 Å². The second-order valence-electron chi connectivity index (χ2n) is 10.4. The van der Waals surface area contributed by atoms with Gasteiger partial charge < -0.3 is 4.57 Å². The predicted molar refractivity (Wildman–Crippen MR) is 175 cm³/mol. The van der Waals surface area contributed by atoms with Crippen molar-refractivity contribution < 1.29 is 0 Å². The maximum Gasteiger partial charge on any atom is 0.0689 e. The van der Waals surface area contributed by atoms with Crippen LogP contribution in [0.15, 0.2) is 81.9 Å². The van der Waals surface area contributed by atoms with Crippen molar-refractivity contribution in [3.8, 4) is 16.9 Å². The first-order valence-corrected chi connectivity index (χ1v) is 16.6. The highest BCUT2D eigenvalue weighted by molar-refractivity contribution is 9.13. The molecule has 0 aliphatic rings. The molecule has 2 heterocycles. The fourth-order valence-electron chi connectivity index (χ4n) is 5.52. The van der Waals surface area contributed by atoms with Crippen molar-refractivity contribution >= 4 is 63.4 Å². The molecule has 1 nitrogen and oxygen atoms in total. The zero-order valence-electron chi connectivity index (χ0n) is 22.3. The quantitative estimate of drug-likeness (QED) is 0.112. The summed E-state index contributed by atoms with van der Waals surface area (Å²) in [6.07, 6.45) is 17.2. The van der Waals surface area contributed by atoms with E-state index in [2.05, 4.69) is 116 Å². The predicted octanol–water partition coefficient (Wildman–Crippen LogP) is 12.5. The summed E-state index contributed by atoms with van der Waals surface area (Å²) in [5, 5.41) is 2.66. The minimum Gasteiger partial charge on any atom is -0.314 e. The van der Waals surface area contributed by atoms with Crippen molar-refractivity contribution in [1.29, 1.82) is 0 Å². The van der Waals surface area contributed by atoms with E-state index in [1.165, 1.54) is 113 Å². The molecule has 0 radical (unpaired) electrons. The molecule has 5 aromatic rings. The molecule has 0 saturated carbocycles. The van der Waals surface area contributed by atoms with E-state index in [4.69, 9.17) is 0 Å². The Hall–Kier alpha value is -1.88. The van der Waals surface area contributed by atoms with Gasteiger partial charge in [0.2, 0.25) is 0 Å². The summed E-state index contributed by atoms with van der Waals surface area (Å²) in [5.74, 6) is 0. The zero-order chi connectivity index (χ0) is 26.3. The first-order valence-electron chi connectivity index (χ1n) is 14.2. The van der Waals surface area contributed by atoms with Gasteiger partial charge in [0, 0.05) is 37.6 Å². The van der Waals surface area contributed by atoms with Crippen LogP contribution in [-0.4, -0.2) is 4.57 Å². The summed E-state index contributed by atoms with van der Waals surface area (Å²) in [7, 11) is 0. The van der Waals surface area contributed by atoms with Gasteiger partial charge in [0.1, 0.15) is 0 Å². The van der Waals surface area contributed by atoms with E-state index < -0.39 is 0 Å². The second kappa shape index (κ2) is 13.5. The number of hydrogen-bond acceptors (Lipinski definition) is 1. The van der Waals surface area contributed by atoms with Gasteiger partial charge in [0.25, 0.3) is 0 Å². The molecule has 0 aliphatic heterocycles. The number of unbranched alkanes of at least 4 members (excludes halogenated alkanes) is 9. The molecule has 0 bridgehead atoms. The molecule has 4 heteroatoms. The number of halogens is 2. The number of thiophene rings is 1. The van der Waals surface area contributed by atoms with Crippen molar-refractivity contribution in [1.82, 2.24) is 4.57 Å². The minimum atomic E-state index is 1.07. The van der Waals surface area contributed by atoms with Gasteiger partial charge >= 0.3 is 0 Å². The Bertz CT molecular complexity index is 1480. The lowest BCUT2D eigenvalue weighted by Crippen LogP contribution is -1.97. The number of rotatable bonds is 13. The molecule has 198 valence electrons. The Morgan fingerprint density at radius 3 is 2.08 bits per heavy atom. The third-order valence-corrected chi connectivity index (χ3v) is 10.7. The van der Waals surface area contributed by atoms with E-state index in [0.29, 0.717) is 0 Å². The van der Waals surface area contributed by atoms with Gasteiger partial charge in [-0.1, -0.05) is 107 Å². The van der Waals surface area contributed by atoms with E-state index in [0.717, 1.165) is 8.95 Å². The summed E-state index contributed by atoms with van der Waals surface area (Å²) < 4.78 is 7.14. The van der Waals surface area contributed by atoms with Gasteiger partial charge in [-0.2, -0.15) is 0 Å². The summed E-state index contributed by atoms with van der Waals surface area (Å²) in [5.41, 5.74) is 5.07. The highest BCUT2D eigenvalue weighted by Gasteiger charge is 2.19. The van der Waals surface area contributed by atoms with Crippen LogP contribution >= 0.6 is 43.2 Å². The van der Waals surface area contributed by atoms with Gasteiger partial charge in [-0.05, 0) is 74.5 Å². The summed E-state index contributed by atoms with van der Waals surface area (Å²) >= 11 is 9.56. The number of benzene rings is 3. The molecular weight excluding hydrogens is 614 g/mol. The van der Waals surface area contributed by atoms with E-state index in [1.54, 1.807) is 0 Å². The highest BCUT2D eigenvalue weighted by Crippen LogP contribution is 2.45. The number of hydrogen-bond donors (Lipinski definition) is 0. The van der Waals surface area contributed by atoms with Crippen LogP contribution in [0.1, 0.15) is 76.7 Å². The average molecular weight is 652 g/mol. The number of fused-ring (bicyclic) bond motifs is 3. The Morgan fingerprint density at radius 2 is 1.34 bits per heavy atom. The van der Waals surface area contributed by atoms with E-state index in [-0.39, 0.29) is 0 Å². The Kier molecular flexibility index (Phi) is 9.80. The number of aromatic nitrogens is 1. The molecule has 0 unspecified atom stereocenters. The van der Waals surface area contributed by atoms with Crippen LogP contribution in [0.5, 0.6) is 0 Å². The maximum absolute atomic E-state index is 3.90. The summed E-state index contributed by atoms with van der Waals surface area (Å²) in [4.78, 5) is 0. The molecule has 5 rings (SSSR count). The van der Waals surface area contributed by atoms with Crippen molar-refractivity contribution in [2.75, 3.05) is 0 Å². The standard InChI is InChI=1S/C34H37Br2NS/c1-2-3-4-5-6-7-8-9-10-11-15-25-20-22-26(23-21-25)37-24-29(35)33(36)34(37)28-17-14-19-31-32(28)27-16-12-13-18-30(27)38-31/h12-14,16-24H,2-11,15H2,1H3. The zero-order valence-corrected chi connectivity index (χ0v) is 26.3. The first-order chi connectivity index (χ1) is 18.7. The van der Waals surface area contributed by atoms with Gasteiger partial charge in [-0.25, -0.2) is 0 Å². The monoisotopic (exact) mass is 649 g/mol. The minimum absolute atomic E-state index is 1.07. The van der Waals surface area contributed by atoms with Crippen molar-refractivity contribution in [2.24, 2.45) is 0 Å². The largest absolute Gasteiger partial charge is 0.314 e. The van der Waals surface area contributed by atoms with Crippen molar-refractivity contribution in [3.63, 3.8) is 0 Å². The van der Waals surface area contributed by atoms with E-state index in [9.17, 15) is 0 Å². The Balaban J connectivity index is 1.28. The molecule has 38 heavy (non-hydrogen) atoms. The lowest BCUT2D eigenvalue weighted by molar-refractivity contribution is 0.556. The number of aryl methyl sites for hydroxylation is 1. The smallest absolute Gasteiger partial charge is 0.0689 e. The van der Waals surface area contributed by atoms with Gasteiger partial charge in [0.15, 0.2) is 0 Å². The van der Waals surface area contributed by atoms with Gasteiger partial charge in [-0.3, -0.25) is 0 Å². The van der Waals surface area contributed by atoms with Crippen LogP contribution in [0, 0.1) is 0 Å². The number of nitrogens with zero attached hydrogens (tertiary/aromatic N) is 1.